The molecule has 2 fully saturated rings. The predicted octanol–water partition coefficient (Wildman–Crippen LogP) is -2.22. The fraction of sp³-hybridized carbons (Fsp3) is 0.611. The number of aliphatic imine (C=N–C) groups is 1. The Morgan fingerprint density at radius 3 is 2.87 bits per heavy atom. The van der Waals surface area contributed by atoms with Gasteiger partial charge in [-0.2, -0.15) is 0 Å². The lowest BCUT2D eigenvalue weighted by Gasteiger charge is -2.41. The van der Waals surface area contributed by atoms with Gasteiger partial charge < -0.3 is 35.3 Å². The van der Waals surface area contributed by atoms with E-state index in [-0.39, 0.29) is 0 Å². The molecule has 0 bridgehead atoms. The second-order valence-corrected chi connectivity index (χ2v) is 7.61. The molecule has 0 aliphatic carbocycles. The summed E-state index contributed by atoms with van der Waals surface area (Å²) >= 11 is 0. The van der Waals surface area contributed by atoms with Gasteiger partial charge in [0.1, 0.15) is 30.7 Å². The first kappa shape index (κ1) is 20.8. The first-order chi connectivity index (χ1) is 14.4. The van der Waals surface area contributed by atoms with E-state index in [4.69, 9.17) is 4.74 Å². The van der Waals surface area contributed by atoms with Gasteiger partial charge in [-0.3, -0.25) is 4.79 Å². The molecule has 7 atom stereocenters. The second kappa shape index (κ2) is 8.32. The summed E-state index contributed by atoms with van der Waals surface area (Å²) in [6.45, 7) is 2.22. The number of imidazole rings is 1. The van der Waals surface area contributed by atoms with Gasteiger partial charge in [-0.05, 0) is 19.9 Å². The van der Waals surface area contributed by atoms with E-state index in [1.807, 2.05) is 0 Å². The normalized spacial score (nSPS) is 34.6. The molecule has 12 heteroatoms. The highest BCUT2D eigenvalue weighted by molar-refractivity contribution is 5.84. The van der Waals surface area contributed by atoms with E-state index >= 15 is 0 Å². The van der Waals surface area contributed by atoms with Gasteiger partial charge in [0.05, 0.1) is 24.6 Å². The summed E-state index contributed by atoms with van der Waals surface area (Å²) in [5, 5.41) is 36.5. The number of aryl methyl sites for hydroxylation is 1. The SMILES string of the molecule is C[C@@H]1OC(/C=N/c2ncnc3c2ncn3C)[C@@H](O)[C@H](O)[C@H]1NC(=O)[C@@H]1NCC[C@@H]1O. The van der Waals surface area contributed by atoms with E-state index in [0.29, 0.717) is 29.9 Å². The van der Waals surface area contributed by atoms with Gasteiger partial charge in [0.25, 0.3) is 0 Å². The number of aliphatic hydroxyl groups excluding tert-OH is 3. The molecular formula is C18H25N7O5. The molecule has 2 aliphatic heterocycles. The average molecular weight is 419 g/mol. The number of aromatic nitrogens is 4. The molecule has 2 aromatic heterocycles. The van der Waals surface area contributed by atoms with Crippen LogP contribution in [0.3, 0.4) is 0 Å². The van der Waals surface area contributed by atoms with Crippen molar-refractivity contribution in [3.05, 3.63) is 12.7 Å². The fourth-order valence-electron chi connectivity index (χ4n) is 3.81. The number of fused-ring (bicyclic) bond motifs is 1. The van der Waals surface area contributed by atoms with Crippen molar-refractivity contribution in [2.75, 3.05) is 6.54 Å². The lowest BCUT2D eigenvalue weighted by Crippen LogP contribution is -2.64. The molecule has 2 aromatic rings. The lowest BCUT2D eigenvalue weighted by atomic mass is 9.93. The third-order valence-corrected chi connectivity index (χ3v) is 5.53. The van der Waals surface area contributed by atoms with Crippen LogP contribution in [0.15, 0.2) is 17.6 Å². The summed E-state index contributed by atoms with van der Waals surface area (Å²) in [6, 6.07) is -1.59. The van der Waals surface area contributed by atoms with Crippen LogP contribution in [0.5, 0.6) is 0 Å². The van der Waals surface area contributed by atoms with Gasteiger partial charge in [-0.1, -0.05) is 0 Å². The number of nitrogens with one attached hydrogen (secondary N) is 2. The Morgan fingerprint density at radius 1 is 1.33 bits per heavy atom. The van der Waals surface area contributed by atoms with E-state index < -0.39 is 48.5 Å². The molecule has 5 N–H and O–H groups in total. The van der Waals surface area contributed by atoms with Crippen LogP contribution in [0.25, 0.3) is 11.2 Å². The maximum absolute atomic E-state index is 12.4. The standard InChI is InChI=1S/C18H25N7O5/c1-8-11(24-18(29)12-9(26)3-4-19-12)15(28)14(27)10(30-8)5-20-16-13-17(22-6-21-16)25(2)7-23-13/h5-12,14-15,19,26-28H,3-4H2,1-2H3,(H,24,29)/b20-5+/t8-,9-,10?,11-,12+,14+,15+/m0/s1. The third kappa shape index (κ3) is 3.79. The van der Waals surface area contributed by atoms with Crippen LogP contribution in [0.4, 0.5) is 5.82 Å². The fourth-order valence-corrected chi connectivity index (χ4v) is 3.81. The van der Waals surface area contributed by atoms with Crippen LogP contribution in [-0.2, 0) is 16.6 Å². The highest BCUT2D eigenvalue weighted by Crippen LogP contribution is 2.23. The van der Waals surface area contributed by atoms with Crippen LogP contribution < -0.4 is 10.6 Å². The monoisotopic (exact) mass is 419 g/mol. The lowest BCUT2D eigenvalue weighted by molar-refractivity contribution is -0.161. The zero-order valence-corrected chi connectivity index (χ0v) is 16.6. The third-order valence-electron chi connectivity index (χ3n) is 5.53. The van der Waals surface area contributed by atoms with Crippen molar-refractivity contribution >= 4 is 29.1 Å². The molecule has 2 aliphatic rings. The van der Waals surface area contributed by atoms with E-state index in [9.17, 15) is 20.1 Å². The number of rotatable bonds is 4. The van der Waals surface area contributed by atoms with Crippen LogP contribution in [0, 0.1) is 0 Å². The number of hydrogen-bond acceptors (Lipinski definition) is 10. The van der Waals surface area contributed by atoms with Gasteiger partial charge >= 0.3 is 0 Å². The largest absolute Gasteiger partial charge is 0.391 e. The Hall–Kier alpha value is -2.51. The number of hydrogen-bond donors (Lipinski definition) is 5. The molecular weight excluding hydrogens is 394 g/mol. The van der Waals surface area contributed by atoms with Crippen LogP contribution in [0.1, 0.15) is 13.3 Å². The first-order valence-corrected chi connectivity index (χ1v) is 9.76. The highest BCUT2D eigenvalue weighted by atomic mass is 16.5. The number of carbonyl (C=O) groups is 1. The number of nitrogens with zero attached hydrogens (tertiary/aromatic N) is 5. The van der Waals surface area contributed by atoms with Gasteiger partial charge in [0.2, 0.25) is 5.91 Å². The van der Waals surface area contributed by atoms with E-state index in [1.54, 1.807) is 24.9 Å². The number of ether oxygens (including phenoxy) is 1. The molecule has 0 saturated carbocycles. The zero-order chi connectivity index (χ0) is 21.4. The number of amides is 1. The molecule has 0 radical (unpaired) electrons. The van der Waals surface area contributed by atoms with E-state index in [0.717, 1.165) is 0 Å². The molecule has 0 aromatic carbocycles. The number of carbonyl (C=O) groups excluding carboxylic acids is 1. The second-order valence-electron chi connectivity index (χ2n) is 7.61. The van der Waals surface area contributed by atoms with Crippen molar-refractivity contribution in [1.29, 1.82) is 0 Å². The molecule has 30 heavy (non-hydrogen) atoms. The first-order valence-electron chi connectivity index (χ1n) is 9.76. The summed E-state index contributed by atoms with van der Waals surface area (Å²) < 4.78 is 7.52. The molecule has 4 rings (SSSR count). The average Bonchev–Trinajstić information content (AvgIpc) is 3.33. The summed E-state index contributed by atoms with van der Waals surface area (Å²) in [6.07, 6.45) is -0.113. The van der Waals surface area contributed by atoms with Gasteiger partial charge in [0.15, 0.2) is 17.0 Å². The summed E-state index contributed by atoms with van der Waals surface area (Å²) in [7, 11) is 1.80. The van der Waals surface area contributed by atoms with Crippen LogP contribution in [-0.4, -0.2) is 96.1 Å². The van der Waals surface area contributed by atoms with Crippen LogP contribution in [0.2, 0.25) is 0 Å². The Kier molecular flexibility index (Phi) is 5.75. The zero-order valence-electron chi connectivity index (χ0n) is 16.6. The van der Waals surface area contributed by atoms with Gasteiger partial charge in [-0.25, -0.2) is 19.9 Å². The summed E-state index contributed by atoms with van der Waals surface area (Å²) in [4.78, 5) is 29.1. The Bertz CT molecular complexity index is 950. The molecule has 12 nitrogen and oxygen atoms in total. The molecule has 162 valence electrons. The van der Waals surface area contributed by atoms with Gasteiger partial charge in [0, 0.05) is 13.3 Å². The van der Waals surface area contributed by atoms with Crippen molar-refractivity contribution in [2.45, 2.75) is 55.9 Å². The predicted molar refractivity (Wildman–Crippen MR) is 105 cm³/mol. The molecule has 1 unspecified atom stereocenters. The van der Waals surface area contributed by atoms with Crippen molar-refractivity contribution in [2.24, 2.45) is 12.0 Å². The Morgan fingerprint density at radius 2 is 2.13 bits per heavy atom. The highest BCUT2D eigenvalue weighted by Gasteiger charge is 2.44. The summed E-state index contributed by atoms with van der Waals surface area (Å²) in [5.74, 6) is -0.132. The van der Waals surface area contributed by atoms with E-state index in [1.165, 1.54) is 12.5 Å². The van der Waals surface area contributed by atoms with Crippen molar-refractivity contribution < 1.29 is 24.9 Å². The van der Waals surface area contributed by atoms with Crippen molar-refractivity contribution in [1.82, 2.24) is 30.2 Å². The van der Waals surface area contributed by atoms with Crippen molar-refractivity contribution in [3.63, 3.8) is 0 Å². The Balaban J connectivity index is 1.46. The topological polar surface area (TPSA) is 167 Å². The minimum absolute atomic E-state index is 0.315. The smallest absolute Gasteiger partial charge is 0.240 e. The molecule has 0 spiro atoms. The molecule has 4 heterocycles. The van der Waals surface area contributed by atoms with Gasteiger partial charge in [-0.15, -0.1) is 0 Å². The number of aliphatic hydroxyl groups is 3. The van der Waals surface area contributed by atoms with Crippen molar-refractivity contribution in [3.8, 4) is 0 Å². The quantitative estimate of drug-likeness (QED) is 0.345. The minimum Gasteiger partial charge on any atom is -0.391 e. The Labute approximate surface area is 172 Å². The van der Waals surface area contributed by atoms with Crippen LogP contribution >= 0.6 is 0 Å². The maximum atomic E-state index is 12.4. The minimum atomic E-state index is -1.32. The molecule has 2 saturated heterocycles. The molecule has 1 amide bonds. The summed E-state index contributed by atoms with van der Waals surface area (Å²) in [5.41, 5.74) is 1.11. The van der Waals surface area contributed by atoms with E-state index in [2.05, 4.69) is 30.6 Å². The maximum Gasteiger partial charge on any atom is 0.240 e.